The third kappa shape index (κ3) is 1.43. The van der Waals surface area contributed by atoms with Crippen LogP contribution >= 0.6 is 11.6 Å². The van der Waals surface area contributed by atoms with Crippen LogP contribution in [0, 0.1) is 0 Å². The summed E-state index contributed by atoms with van der Waals surface area (Å²) in [5.41, 5.74) is 6.36. The zero-order chi connectivity index (χ0) is 6.85. The van der Waals surface area contributed by atoms with Crippen LogP contribution in [0.25, 0.3) is 0 Å². The third-order valence-corrected chi connectivity index (χ3v) is 1.25. The molecule has 50 valence electrons. The van der Waals surface area contributed by atoms with Crippen molar-refractivity contribution in [3.63, 3.8) is 0 Å². The second kappa shape index (κ2) is 2.37. The van der Waals surface area contributed by atoms with Crippen LogP contribution in [0.3, 0.4) is 0 Å². The number of aromatic nitrogens is 2. The number of nitrogens with one attached hydrogen (secondary N) is 1. The highest BCUT2D eigenvalue weighted by atomic mass is 35.5. The highest BCUT2D eigenvalue weighted by Crippen LogP contribution is 2.08. The molecule has 3 N–H and O–H groups in total. The van der Waals surface area contributed by atoms with Crippen molar-refractivity contribution in [1.82, 2.24) is 9.97 Å². The fourth-order valence-corrected chi connectivity index (χ4v) is 0.699. The Morgan fingerprint density at radius 3 is 2.78 bits per heavy atom. The molecular formula is C5H8ClN3. The highest BCUT2D eigenvalue weighted by Gasteiger charge is 2.00. The van der Waals surface area contributed by atoms with Crippen LogP contribution in [0.2, 0.25) is 5.28 Å². The minimum atomic E-state index is -0.0231. The quantitative estimate of drug-likeness (QED) is 0.622. The van der Waals surface area contributed by atoms with Gasteiger partial charge in [0.1, 0.15) is 0 Å². The molecule has 1 aromatic heterocycles. The van der Waals surface area contributed by atoms with Crippen molar-refractivity contribution in [3.05, 3.63) is 17.2 Å². The van der Waals surface area contributed by atoms with E-state index in [4.69, 9.17) is 17.3 Å². The van der Waals surface area contributed by atoms with Crippen LogP contribution in [0.15, 0.2) is 6.20 Å². The van der Waals surface area contributed by atoms with E-state index in [1.165, 1.54) is 0 Å². The van der Waals surface area contributed by atoms with Crippen molar-refractivity contribution in [1.29, 1.82) is 0 Å². The molecule has 0 aliphatic rings. The monoisotopic (exact) mass is 145 g/mol. The summed E-state index contributed by atoms with van der Waals surface area (Å²) in [6.45, 7) is 1.86. The highest BCUT2D eigenvalue weighted by molar-refractivity contribution is 6.28. The maximum absolute atomic E-state index is 5.50. The number of imidazole rings is 1. The van der Waals surface area contributed by atoms with Gasteiger partial charge < -0.3 is 10.7 Å². The van der Waals surface area contributed by atoms with Crippen molar-refractivity contribution in [2.75, 3.05) is 0 Å². The number of rotatable bonds is 1. The molecule has 0 spiro atoms. The van der Waals surface area contributed by atoms with Crippen molar-refractivity contribution in [2.45, 2.75) is 13.0 Å². The Morgan fingerprint density at radius 1 is 1.89 bits per heavy atom. The van der Waals surface area contributed by atoms with Gasteiger partial charge in [0.2, 0.25) is 0 Å². The first-order valence-electron chi connectivity index (χ1n) is 2.66. The van der Waals surface area contributed by atoms with Crippen molar-refractivity contribution in [2.24, 2.45) is 5.73 Å². The first-order valence-corrected chi connectivity index (χ1v) is 3.04. The molecule has 4 heteroatoms. The third-order valence-electron chi connectivity index (χ3n) is 1.06. The largest absolute Gasteiger partial charge is 0.331 e. The van der Waals surface area contributed by atoms with E-state index in [9.17, 15) is 0 Å². The van der Waals surface area contributed by atoms with E-state index >= 15 is 0 Å². The summed E-state index contributed by atoms with van der Waals surface area (Å²) in [4.78, 5) is 6.57. The smallest absolute Gasteiger partial charge is 0.200 e. The second-order valence-electron chi connectivity index (χ2n) is 1.92. The molecule has 0 aliphatic heterocycles. The molecule has 0 fully saturated rings. The number of aromatic amines is 1. The number of nitrogens with two attached hydrogens (primary N) is 1. The summed E-state index contributed by atoms with van der Waals surface area (Å²) < 4.78 is 0. The molecule has 0 aromatic carbocycles. The van der Waals surface area contributed by atoms with Gasteiger partial charge in [0.15, 0.2) is 5.28 Å². The van der Waals surface area contributed by atoms with Crippen LogP contribution in [0.4, 0.5) is 0 Å². The Hall–Kier alpha value is -0.540. The Morgan fingerprint density at radius 2 is 2.56 bits per heavy atom. The Labute approximate surface area is 58.2 Å². The van der Waals surface area contributed by atoms with E-state index < -0.39 is 0 Å². The van der Waals surface area contributed by atoms with Gasteiger partial charge in [0.25, 0.3) is 0 Å². The summed E-state index contributed by atoms with van der Waals surface area (Å²) >= 11 is 5.48. The van der Waals surface area contributed by atoms with Crippen molar-refractivity contribution in [3.8, 4) is 0 Å². The standard InChI is InChI=1S/C5H8ClN3/c1-3(7)4-2-8-5(6)9-4/h2-3H,7H2,1H3,(H,8,9). The van der Waals surface area contributed by atoms with Gasteiger partial charge in [0, 0.05) is 6.04 Å². The van der Waals surface area contributed by atoms with Crippen LogP contribution in [-0.4, -0.2) is 9.97 Å². The topological polar surface area (TPSA) is 54.7 Å². The number of H-pyrrole nitrogens is 1. The van der Waals surface area contributed by atoms with E-state index in [1.54, 1.807) is 6.20 Å². The van der Waals surface area contributed by atoms with E-state index in [2.05, 4.69) is 9.97 Å². The Bertz CT molecular complexity index is 194. The SMILES string of the molecule is CC(N)c1cnc(Cl)[nH]1. The summed E-state index contributed by atoms with van der Waals surface area (Å²) in [6.07, 6.45) is 1.63. The van der Waals surface area contributed by atoms with Crippen LogP contribution < -0.4 is 5.73 Å². The van der Waals surface area contributed by atoms with Crippen LogP contribution in [-0.2, 0) is 0 Å². The van der Waals surface area contributed by atoms with E-state index in [1.807, 2.05) is 6.92 Å². The molecule has 0 saturated heterocycles. The average molecular weight is 146 g/mol. The predicted octanol–water partition coefficient (Wildman–Crippen LogP) is 1.08. The molecule has 1 aromatic rings. The number of hydrogen-bond donors (Lipinski definition) is 2. The lowest BCUT2D eigenvalue weighted by Crippen LogP contribution is -2.04. The summed E-state index contributed by atoms with van der Waals surface area (Å²) in [7, 11) is 0. The molecule has 1 heterocycles. The molecule has 0 saturated carbocycles. The van der Waals surface area contributed by atoms with E-state index in [0.717, 1.165) is 5.69 Å². The van der Waals surface area contributed by atoms with Crippen LogP contribution in [0.1, 0.15) is 18.7 Å². The summed E-state index contributed by atoms with van der Waals surface area (Å²) in [5.74, 6) is 0. The molecule has 0 bridgehead atoms. The molecule has 1 atom stereocenters. The lowest BCUT2D eigenvalue weighted by atomic mass is 10.3. The molecule has 9 heavy (non-hydrogen) atoms. The zero-order valence-corrected chi connectivity index (χ0v) is 5.81. The molecule has 1 unspecified atom stereocenters. The fourth-order valence-electron chi connectivity index (χ4n) is 0.541. The molecule has 0 radical (unpaired) electrons. The predicted molar refractivity (Wildman–Crippen MR) is 36.2 cm³/mol. The van der Waals surface area contributed by atoms with Crippen molar-refractivity contribution >= 4 is 11.6 Å². The molecule has 0 aliphatic carbocycles. The first-order chi connectivity index (χ1) is 4.20. The Balaban J connectivity index is 2.85. The molecular weight excluding hydrogens is 138 g/mol. The minimum Gasteiger partial charge on any atom is -0.331 e. The lowest BCUT2D eigenvalue weighted by Gasteiger charge is -1.96. The Kier molecular flexibility index (Phi) is 1.73. The van der Waals surface area contributed by atoms with Crippen molar-refractivity contribution < 1.29 is 0 Å². The normalized spacial score (nSPS) is 13.7. The van der Waals surface area contributed by atoms with Gasteiger partial charge >= 0.3 is 0 Å². The van der Waals surface area contributed by atoms with Gasteiger partial charge in [-0.2, -0.15) is 0 Å². The first kappa shape index (κ1) is 6.58. The summed E-state index contributed by atoms with van der Waals surface area (Å²) in [5, 5.41) is 0.391. The van der Waals surface area contributed by atoms with E-state index in [0.29, 0.717) is 5.28 Å². The van der Waals surface area contributed by atoms with Gasteiger partial charge in [-0.3, -0.25) is 0 Å². The number of hydrogen-bond acceptors (Lipinski definition) is 2. The van der Waals surface area contributed by atoms with Gasteiger partial charge in [-0.15, -0.1) is 0 Å². The fraction of sp³-hybridized carbons (Fsp3) is 0.400. The molecule has 0 amide bonds. The van der Waals surface area contributed by atoms with Gasteiger partial charge in [-0.25, -0.2) is 4.98 Å². The average Bonchev–Trinajstić information content (AvgIpc) is 2.14. The van der Waals surface area contributed by atoms with Gasteiger partial charge in [0.05, 0.1) is 11.9 Å². The number of nitrogens with zero attached hydrogens (tertiary/aromatic N) is 1. The second-order valence-corrected chi connectivity index (χ2v) is 2.28. The zero-order valence-electron chi connectivity index (χ0n) is 5.06. The van der Waals surface area contributed by atoms with Gasteiger partial charge in [-0.1, -0.05) is 0 Å². The molecule has 1 rings (SSSR count). The maximum atomic E-state index is 5.50. The number of halogens is 1. The lowest BCUT2D eigenvalue weighted by molar-refractivity contribution is 0.789. The molecule has 3 nitrogen and oxygen atoms in total. The van der Waals surface area contributed by atoms with E-state index in [-0.39, 0.29) is 6.04 Å². The van der Waals surface area contributed by atoms with Gasteiger partial charge in [-0.05, 0) is 18.5 Å². The maximum Gasteiger partial charge on any atom is 0.200 e. The van der Waals surface area contributed by atoms with Crippen LogP contribution in [0.5, 0.6) is 0 Å². The minimum absolute atomic E-state index is 0.0231. The summed E-state index contributed by atoms with van der Waals surface area (Å²) in [6, 6.07) is -0.0231.